The van der Waals surface area contributed by atoms with Crippen LogP contribution in [0, 0.1) is 11.8 Å². The van der Waals surface area contributed by atoms with Gasteiger partial charge in [0.05, 0.1) is 5.92 Å². The molecule has 11 heteroatoms. The zero-order chi connectivity index (χ0) is 23.3. The molecule has 0 fully saturated rings. The third kappa shape index (κ3) is 5.90. The third-order valence-electron chi connectivity index (χ3n) is 5.50. The molecule has 170 valence electrons. The van der Waals surface area contributed by atoms with Crippen LogP contribution < -0.4 is 16.4 Å². The highest BCUT2D eigenvalue weighted by atomic mass is 16.4. The number of aliphatic imine (C=N–C) groups is 2. The smallest absolute Gasteiger partial charge is 0.326 e. The van der Waals surface area contributed by atoms with Gasteiger partial charge >= 0.3 is 11.9 Å². The second-order valence-corrected chi connectivity index (χ2v) is 7.87. The third-order valence-corrected chi connectivity index (χ3v) is 5.50. The molecular formula is C21H25N5O6. The largest absolute Gasteiger partial charge is 0.481 e. The first-order chi connectivity index (χ1) is 15.2. The Labute approximate surface area is 183 Å². The van der Waals surface area contributed by atoms with Crippen molar-refractivity contribution in [3.63, 3.8) is 0 Å². The van der Waals surface area contributed by atoms with E-state index in [1.807, 2.05) is 0 Å². The molecule has 3 rings (SSSR count). The van der Waals surface area contributed by atoms with E-state index in [2.05, 4.69) is 20.6 Å². The van der Waals surface area contributed by atoms with Gasteiger partial charge in [-0.25, -0.2) is 4.79 Å². The molecule has 2 aliphatic rings. The number of nitrogens with two attached hydrogens (primary N) is 1. The van der Waals surface area contributed by atoms with Crippen LogP contribution in [0.2, 0.25) is 0 Å². The number of carboxylic acids is 2. The highest BCUT2D eigenvalue weighted by Crippen LogP contribution is 2.26. The predicted molar refractivity (Wildman–Crippen MR) is 114 cm³/mol. The minimum absolute atomic E-state index is 0.0733. The van der Waals surface area contributed by atoms with E-state index in [4.69, 9.17) is 15.9 Å². The summed E-state index contributed by atoms with van der Waals surface area (Å²) in [6, 6.07) is 5.51. The molecule has 0 aliphatic carbocycles. The topological polar surface area (TPSA) is 184 Å². The first kappa shape index (κ1) is 22.9. The molecule has 2 aliphatic heterocycles. The van der Waals surface area contributed by atoms with E-state index in [1.165, 1.54) is 0 Å². The summed E-state index contributed by atoms with van der Waals surface area (Å²) in [7, 11) is 0. The Morgan fingerprint density at radius 3 is 2.59 bits per heavy atom. The summed E-state index contributed by atoms with van der Waals surface area (Å²) in [5.74, 6) is -2.77. The number of benzene rings is 1. The summed E-state index contributed by atoms with van der Waals surface area (Å²) in [5, 5.41) is 22.8. The van der Waals surface area contributed by atoms with Gasteiger partial charge in [-0.3, -0.25) is 24.7 Å². The SMILES string of the molecule is NC1=NC2=NCC(CCc3ccc(C(=O)NC(CCC(=O)O)C(=O)O)cc3)CC2C(=O)N1. The molecule has 0 saturated carbocycles. The number of carboxylic acid groups (broad SMARTS) is 2. The number of carbonyl (C=O) groups is 4. The molecule has 3 unspecified atom stereocenters. The predicted octanol–water partition coefficient (Wildman–Crippen LogP) is 0.146. The summed E-state index contributed by atoms with van der Waals surface area (Å²) >= 11 is 0. The van der Waals surface area contributed by atoms with Crippen molar-refractivity contribution in [1.82, 2.24) is 10.6 Å². The van der Waals surface area contributed by atoms with Crippen molar-refractivity contribution in [3.8, 4) is 0 Å². The van der Waals surface area contributed by atoms with Crippen LogP contribution >= 0.6 is 0 Å². The molecule has 2 amide bonds. The Balaban J connectivity index is 1.52. The van der Waals surface area contributed by atoms with Gasteiger partial charge in [-0.1, -0.05) is 12.1 Å². The molecule has 1 aromatic rings. The lowest BCUT2D eigenvalue weighted by molar-refractivity contribution is -0.140. The summed E-state index contributed by atoms with van der Waals surface area (Å²) < 4.78 is 0. The van der Waals surface area contributed by atoms with Crippen LogP contribution in [0.15, 0.2) is 34.3 Å². The van der Waals surface area contributed by atoms with Gasteiger partial charge in [0, 0.05) is 18.5 Å². The molecule has 0 saturated heterocycles. The van der Waals surface area contributed by atoms with E-state index >= 15 is 0 Å². The second kappa shape index (κ2) is 10.0. The number of nitrogens with one attached hydrogen (secondary N) is 2. The molecule has 32 heavy (non-hydrogen) atoms. The van der Waals surface area contributed by atoms with Crippen LogP contribution in [0.4, 0.5) is 0 Å². The van der Waals surface area contributed by atoms with Crippen LogP contribution in [0.1, 0.15) is 41.6 Å². The van der Waals surface area contributed by atoms with Crippen LogP contribution in [0.3, 0.4) is 0 Å². The average molecular weight is 443 g/mol. The number of fused-ring (bicyclic) bond motifs is 1. The number of rotatable bonds is 9. The van der Waals surface area contributed by atoms with Gasteiger partial charge < -0.3 is 21.3 Å². The first-order valence-electron chi connectivity index (χ1n) is 10.3. The van der Waals surface area contributed by atoms with Crippen LogP contribution in [-0.4, -0.2) is 58.3 Å². The van der Waals surface area contributed by atoms with Crippen molar-refractivity contribution >= 4 is 35.5 Å². The number of nitrogens with zero attached hydrogens (tertiary/aromatic N) is 2. The zero-order valence-electron chi connectivity index (χ0n) is 17.3. The molecule has 0 radical (unpaired) electrons. The van der Waals surface area contributed by atoms with Crippen molar-refractivity contribution in [2.24, 2.45) is 27.6 Å². The molecule has 1 aromatic carbocycles. The van der Waals surface area contributed by atoms with Crippen molar-refractivity contribution < 1.29 is 29.4 Å². The number of carbonyl (C=O) groups excluding carboxylic acids is 2. The maximum atomic E-state index is 12.3. The van der Waals surface area contributed by atoms with Crippen molar-refractivity contribution in [3.05, 3.63) is 35.4 Å². The first-order valence-corrected chi connectivity index (χ1v) is 10.3. The highest BCUT2D eigenvalue weighted by Gasteiger charge is 2.34. The quantitative estimate of drug-likeness (QED) is 0.359. The number of amidine groups is 1. The minimum Gasteiger partial charge on any atom is -0.481 e. The molecule has 2 heterocycles. The van der Waals surface area contributed by atoms with Crippen LogP contribution in [0.25, 0.3) is 0 Å². The van der Waals surface area contributed by atoms with Crippen LogP contribution in [0.5, 0.6) is 0 Å². The van der Waals surface area contributed by atoms with Gasteiger partial charge in [0.25, 0.3) is 5.91 Å². The van der Waals surface area contributed by atoms with E-state index in [1.54, 1.807) is 24.3 Å². The van der Waals surface area contributed by atoms with E-state index in [0.717, 1.165) is 18.4 Å². The maximum absolute atomic E-state index is 12.3. The Morgan fingerprint density at radius 1 is 1.22 bits per heavy atom. The molecule has 3 atom stereocenters. The molecule has 6 N–H and O–H groups in total. The van der Waals surface area contributed by atoms with Gasteiger partial charge in [-0.15, -0.1) is 0 Å². The lowest BCUT2D eigenvalue weighted by Crippen LogP contribution is -2.49. The zero-order valence-corrected chi connectivity index (χ0v) is 17.3. The summed E-state index contributed by atoms with van der Waals surface area (Å²) in [4.78, 5) is 54.8. The Hall–Kier alpha value is -3.76. The monoisotopic (exact) mass is 443 g/mol. The van der Waals surface area contributed by atoms with Gasteiger partial charge in [0.1, 0.15) is 11.9 Å². The van der Waals surface area contributed by atoms with E-state index in [9.17, 15) is 19.2 Å². The summed E-state index contributed by atoms with van der Waals surface area (Å²) in [6.07, 6.45) is 1.63. The van der Waals surface area contributed by atoms with Gasteiger partial charge in [-0.05, 0) is 49.3 Å². The Morgan fingerprint density at radius 2 is 1.94 bits per heavy atom. The Bertz CT molecular complexity index is 971. The van der Waals surface area contributed by atoms with Gasteiger partial charge in [0.2, 0.25) is 11.9 Å². The summed E-state index contributed by atoms with van der Waals surface area (Å²) in [5.41, 5.74) is 6.84. The van der Waals surface area contributed by atoms with E-state index in [0.29, 0.717) is 18.8 Å². The molecule has 0 aromatic heterocycles. The fraction of sp³-hybridized carbons (Fsp3) is 0.429. The van der Waals surface area contributed by atoms with Crippen molar-refractivity contribution in [2.75, 3.05) is 6.54 Å². The highest BCUT2D eigenvalue weighted by molar-refractivity contribution is 6.16. The standard InChI is InChI=1S/C21H25N5O6/c22-21-25-17-14(19(30)26-21)9-12(10-23-17)2-1-11-3-5-13(6-4-11)18(29)24-15(20(31)32)7-8-16(27)28/h3-6,12,14-15H,1-2,7-10H2,(H,24,29)(H,27,28)(H,31,32)(H3,22,23,25,26,30). The molecule has 0 spiro atoms. The number of amides is 2. The maximum Gasteiger partial charge on any atom is 0.326 e. The average Bonchev–Trinajstić information content (AvgIpc) is 2.75. The minimum atomic E-state index is -1.28. The number of hydrogen-bond donors (Lipinski definition) is 5. The van der Waals surface area contributed by atoms with Crippen molar-refractivity contribution in [1.29, 1.82) is 0 Å². The lowest BCUT2D eigenvalue weighted by Gasteiger charge is -2.29. The van der Waals surface area contributed by atoms with E-state index < -0.39 is 23.9 Å². The van der Waals surface area contributed by atoms with E-state index in [-0.39, 0.29) is 42.1 Å². The molecule has 0 bridgehead atoms. The molecule has 11 nitrogen and oxygen atoms in total. The molecular weight excluding hydrogens is 418 g/mol. The van der Waals surface area contributed by atoms with Crippen molar-refractivity contribution in [2.45, 2.75) is 38.1 Å². The number of aliphatic carboxylic acids is 2. The summed E-state index contributed by atoms with van der Waals surface area (Å²) in [6.45, 7) is 0.573. The second-order valence-electron chi connectivity index (χ2n) is 7.87. The number of aryl methyl sites for hydroxylation is 1. The lowest BCUT2D eigenvalue weighted by atomic mass is 9.85. The van der Waals surface area contributed by atoms with Gasteiger partial charge in [0.15, 0.2) is 0 Å². The fourth-order valence-corrected chi connectivity index (χ4v) is 3.72. The van der Waals surface area contributed by atoms with Gasteiger partial charge in [-0.2, -0.15) is 4.99 Å². The van der Waals surface area contributed by atoms with Crippen LogP contribution in [-0.2, 0) is 20.8 Å². The Kier molecular flexibility index (Phi) is 7.18. The fourth-order valence-electron chi connectivity index (χ4n) is 3.72. The number of guanidine groups is 1. The normalized spacial score (nSPS) is 20.8. The number of hydrogen-bond acceptors (Lipinski definition) is 7.